The average Bonchev–Trinajstić information content (AvgIpc) is 3.22. The molecule has 0 saturated carbocycles. The molecule has 6 heteroatoms. The van der Waals surface area contributed by atoms with Crippen LogP contribution in [0.3, 0.4) is 0 Å². The summed E-state index contributed by atoms with van der Waals surface area (Å²) in [4.78, 5) is 11.4. The number of nitrogens with one attached hydrogen (secondary N) is 2. The first-order chi connectivity index (χ1) is 12.8. The van der Waals surface area contributed by atoms with Crippen molar-refractivity contribution in [3.05, 3.63) is 72.1 Å². The van der Waals surface area contributed by atoms with E-state index in [2.05, 4.69) is 63.9 Å². The summed E-state index contributed by atoms with van der Waals surface area (Å²) in [5.41, 5.74) is 3.56. The van der Waals surface area contributed by atoms with Crippen molar-refractivity contribution < 1.29 is 0 Å². The van der Waals surface area contributed by atoms with Crippen molar-refractivity contribution in [2.75, 3.05) is 31.1 Å². The van der Waals surface area contributed by atoms with Gasteiger partial charge in [-0.05, 0) is 36.8 Å². The van der Waals surface area contributed by atoms with E-state index in [-0.39, 0.29) is 24.0 Å². The van der Waals surface area contributed by atoms with E-state index in [1.54, 1.807) is 0 Å². The molecule has 0 radical (unpaired) electrons. The monoisotopic (exact) mass is 477 g/mol. The van der Waals surface area contributed by atoms with Crippen molar-refractivity contribution in [3.8, 4) is 0 Å². The third-order valence-electron chi connectivity index (χ3n) is 4.28. The van der Waals surface area contributed by atoms with Gasteiger partial charge >= 0.3 is 0 Å². The van der Waals surface area contributed by atoms with Gasteiger partial charge in [-0.3, -0.25) is 4.98 Å². The molecule has 0 spiro atoms. The maximum Gasteiger partial charge on any atom is 0.191 e. The Labute approximate surface area is 179 Å². The molecule has 0 amide bonds. The summed E-state index contributed by atoms with van der Waals surface area (Å²) in [6.07, 6.45) is 7.12. The highest BCUT2D eigenvalue weighted by molar-refractivity contribution is 14.0. The Morgan fingerprint density at radius 2 is 1.85 bits per heavy atom. The van der Waals surface area contributed by atoms with Crippen LogP contribution in [0.2, 0.25) is 0 Å². The standard InChI is InChI=1S/C21H27N5.HI/c1-2-22-21(24-14-12-19-7-3-4-13-23-19)25-17-18-8-10-20(11-9-18)26-15-5-6-16-26;/h3-11,13H,2,12,14-17H2,1H3,(H2,22,24,25);1H. The zero-order chi connectivity index (χ0) is 18.0. The topological polar surface area (TPSA) is 52.6 Å². The van der Waals surface area contributed by atoms with Crippen LogP contribution < -0.4 is 15.5 Å². The molecular formula is C21H28IN5. The van der Waals surface area contributed by atoms with Crippen molar-refractivity contribution in [1.29, 1.82) is 0 Å². The van der Waals surface area contributed by atoms with Crippen LogP contribution in [-0.4, -0.2) is 37.1 Å². The molecule has 0 atom stereocenters. The van der Waals surface area contributed by atoms with Gasteiger partial charge in [0.05, 0.1) is 6.54 Å². The molecule has 1 aliphatic heterocycles. The van der Waals surface area contributed by atoms with Gasteiger partial charge in [0, 0.05) is 50.2 Å². The second-order valence-corrected chi connectivity index (χ2v) is 6.24. The number of benzene rings is 1. The zero-order valence-electron chi connectivity index (χ0n) is 15.8. The van der Waals surface area contributed by atoms with Crippen LogP contribution in [-0.2, 0) is 13.0 Å². The van der Waals surface area contributed by atoms with Gasteiger partial charge in [-0.25, -0.2) is 4.99 Å². The molecule has 0 saturated heterocycles. The summed E-state index contributed by atoms with van der Waals surface area (Å²) < 4.78 is 0. The number of rotatable bonds is 7. The number of guanidine groups is 1. The predicted octanol–water partition coefficient (Wildman–Crippen LogP) is 3.37. The van der Waals surface area contributed by atoms with Crippen LogP contribution in [0.1, 0.15) is 18.2 Å². The van der Waals surface area contributed by atoms with Crippen molar-refractivity contribution in [2.45, 2.75) is 19.9 Å². The first-order valence-electron chi connectivity index (χ1n) is 9.26. The van der Waals surface area contributed by atoms with E-state index in [0.29, 0.717) is 6.54 Å². The molecule has 5 nitrogen and oxygen atoms in total. The molecule has 2 heterocycles. The number of pyridine rings is 1. The summed E-state index contributed by atoms with van der Waals surface area (Å²) >= 11 is 0. The molecule has 1 aromatic heterocycles. The normalized spacial score (nSPS) is 13.4. The number of aliphatic imine (C=N–C) groups is 1. The summed E-state index contributed by atoms with van der Waals surface area (Å²) in [6.45, 7) is 6.40. The van der Waals surface area contributed by atoms with Crippen LogP contribution >= 0.6 is 24.0 Å². The fourth-order valence-corrected chi connectivity index (χ4v) is 2.87. The molecule has 1 aromatic carbocycles. The van der Waals surface area contributed by atoms with Gasteiger partial charge in [-0.1, -0.05) is 30.4 Å². The minimum absolute atomic E-state index is 0. The highest BCUT2D eigenvalue weighted by atomic mass is 127. The lowest BCUT2D eigenvalue weighted by atomic mass is 10.2. The number of hydrogen-bond donors (Lipinski definition) is 2. The highest BCUT2D eigenvalue weighted by Gasteiger charge is 2.07. The van der Waals surface area contributed by atoms with E-state index in [0.717, 1.165) is 44.3 Å². The molecule has 0 bridgehead atoms. The molecule has 27 heavy (non-hydrogen) atoms. The SMILES string of the molecule is CCNC(=NCc1ccc(N2CC=CC2)cc1)NCCc1ccccn1.I. The molecule has 0 unspecified atom stereocenters. The minimum Gasteiger partial charge on any atom is -0.364 e. The molecule has 2 aromatic rings. The highest BCUT2D eigenvalue weighted by Crippen LogP contribution is 2.17. The molecule has 144 valence electrons. The van der Waals surface area contributed by atoms with Crippen LogP contribution in [0.25, 0.3) is 0 Å². The van der Waals surface area contributed by atoms with Crippen LogP contribution in [0.15, 0.2) is 65.8 Å². The van der Waals surface area contributed by atoms with E-state index >= 15 is 0 Å². The van der Waals surface area contributed by atoms with Gasteiger partial charge in [-0.15, -0.1) is 24.0 Å². The second-order valence-electron chi connectivity index (χ2n) is 6.24. The van der Waals surface area contributed by atoms with Crippen LogP contribution in [0.4, 0.5) is 5.69 Å². The summed E-state index contributed by atoms with van der Waals surface area (Å²) in [5, 5.41) is 6.68. The maximum atomic E-state index is 4.69. The molecule has 1 aliphatic rings. The third kappa shape index (κ3) is 6.86. The number of hydrogen-bond acceptors (Lipinski definition) is 3. The maximum absolute atomic E-state index is 4.69. The van der Waals surface area contributed by atoms with Gasteiger partial charge in [0.15, 0.2) is 5.96 Å². The average molecular weight is 477 g/mol. The Morgan fingerprint density at radius 3 is 2.52 bits per heavy atom. The number of anilines is 1. The van der Waals surface area contributed by atoms with Crippen molar-refractivity contribution in [1.82, 2.24) is 15.6 Å². The lowest BCUT2D eigenvalue weighted by Gasteiger charge is -2.17. The van der Waals surface area contributed by atoms with Crippen molar-refractivity contribution >= 4 is 35.6 Å². The van der Waals surface area contributed by atoms with Gasteiger partial charge in [-0.2, -0.15) is 0 Å². The van der Waals surface area contributed by atoms with Crippen molar-refractivity contribution in [3.63, 3.8) is 0 Å². The van der Waals surface area contributed by atoms with E-state index < -0.39 is 0 Å². The van der Waals surface area contributed by atoms with Crippen molar-refractivity contribution in [2.24, 2.45) is 4.99 Å². The predicted molar refractivity (Wildman–Crippen MR) is 124 cm³/mol. The van der Waals surface area contributed by atoms with E-state index in [1.165, 1.54) is 11.3 Å². The summed E-state index contributed by atoms with van der Waals surface area (Å²) in [5.74, 6) is 0.844. The smallest absolute Gasteiger partial charge is 0.191 e. The van der Waals surface area contributed by atoms with Gasteiger partial charge in [0.25, 0.3) is 0 Å². The molecule has 2 N–H and O–H groups in total. The van der Waals surface area contributed by atoms with E-state index in [4.69, 9.17) is 4.99 Å². The Balaban J connectivity index is 0.00000261. The summed E-state index contributed by atoms with van der Waals surface area (Å²) in [7, 11) is 0. The van der Waals surface area contributed by atoms with Gasteiger partial charge in [0.2, 0.25) is 0 Å². The largest absolute Gasteiger partial charge is 0.364 e. The lowest BCUT2D eigenvalue weighted by molar-refractivity contribution is 0.788. The minimum atomic E-state index is 0. The Bertz CT molecular complexity index is 720. The van der Waals surface area contributed by atoms with Crippen LogP contribution in [0.5, 0.6) is 0 Å². The zero-order valence-corrected chi connectivity index (χ0v) is 18.1. The first-order valence-corrected chi connectivity index (χ1v) is 9.26. The molecule has 0 fully saturated rings. The molecule has 3 rings (SSSR count). The third-order valence-corrected chi connectivity index (χ3v) is 4.28. The lowest BCUT2D eigenvalue weighted by Crippen LogP contribution is -2.38. The van der Waals surface area contributed by atoms with Gasteiger partial charge < -0.3 is 15.5 Å². The second kappa shape index (κ2) is 11.6. The Kier molecular flexibility index (Phi) is 9.10. The van der Waals surface area contributed by atoms with E-state index in [9.17, 15) is 0 Å². The fraction of sp³-hybridized carbons (Fsp3) is 0.333. The van der Waals surface area contributed by atoms with Gasteiger partial charge in [0.1, 0.15) is 0 Å². The van der Waals surface area contributed by atoms with Crippen LogP contribution in [0, 0.1) is 0 Å². The number of nitrogens with zero attached hydrogens (tertiary/aromatic N) is 3. The quantitative estimate of drug-likeness (QED) is 0.278. The fourth-order valence-electron chi connectivity index (χ4n) is 2.87. The molecule has 0 aliphatic carbocycles. The van der Waals surface area contributed by atoms with E-state index in [1.807, 2.05) is 24.4 Å². The summed E-state index contributed by atoms with van der Waals surface area (Å²) in [6, 6.07) is 14.7. The number of halogens is 1. The first kappa shape index (κ1) is 21.2. The Morgan fingerprint density at radius 1 is 1.07 bits per heavy atom. The molecular weight excluding hydrogens is 449 g/mol. The Hall–Kier alpha value is -2.09. The number of aromatic nitrogens is 1.